The van der Waals surface area contributed by atoms with E-state index in [1.165, 1.54) is 5.39 Å². The molecule has 1 aliphatic rings. The second kappa shape index (κ2) is 7.72. The predicted molar refractivity (Wildman–Crippen MR) is 160 cm³/mol. The summed E-state index contributed by atoms with van der Waals surface area (Å²) in [5.41, 5.74) is 7.75. The van der Waals surface area contributed by atoms with Crippen molar-refractivity contribution in [1.29, 1.82) is 0 Å². The predicted octanol–water partition coefficient (Wildman–Crippen LogP) is 7.04. The third-order valence-electron chi connectivity index (χ3n) is 8.72. The Bertz CT molecular complexity index is 2070. The number of hydrogen-bond acceptors (Lipinski definition) is 3. The summed E-state index contributed by atoms with van der Waals surface area (Å²) in [5.74, 6) is 0. The molecule has 1 fully saturated rings. The van der Waals surface area contributed by atoms with Gasteiger partial charge in [0.2, 0.25) is 0 Å². The van der Waals surface area contributed by atoms with E-state index in [2.05, 4.69) is 134 Å². The molecule has 0 aliphatic carbocycles. The average molecular weight is 509 g/mol. The van der Waals surface area contributed by atoms with E-state index in [1.54, 1.807) is 0 Å². The number of benzene rings is 4. The number of nitrogens with zero attached hydrogens (tertiary/aromatic N) is 3. The van der Waals surface area contributed by atoms with Gasteiger partial charge < -0.3 is 13.9 Å². The van der Waals surface area contributed by atoms with Crippen molar-refractivity contribution in [1.82, 2.24) is 14.0 Å². The molecule has 0 spiro atoms. The normalized spacial score (nSPS) is 16.9. The molecule has 0 saturated carbocycles. The summed E-state index contributed by atoms with van der Waals surface area (Å²) < 4.78 is 17.6. The van der Waals surface area contributed by atoms with E-state index in [-0.39, 0.29) is 0 Å². The van der Waals surface area contributed by atoms with Crippen LogP contribution < -0.4 is 5.46 Å². The van der Waals surface area contributed by atoms with Gasteiger partial charge in [0.15, 0.2) is 0 Å². The monoisotopic (exact) mass is 509 g/mol. The van der Waals surface area contributed by atoms with Crippen LogP contribution in [0.5, 0.6) is 0 Å². The Kier molecular flexibility index (Phi) is 4.52. The Hall–Kier alpha value is -4.13. The van der Waals surface area contributed by atoms with Crippen LogP contribution in [0.25, 0.3) is 55.1 Å². The molecule has 5 nitrogen and oxygen atoms in total. The molecule has 0 bridgehead atoms. The van der Waals surface area contributed by atoms with Crippen molar-refractivity contribution in [2.24, 2.45) is 0 Å². The van der Waals surface area contributed by atoms with Crippen molar-refractivity contribution < 1.29 is 9.31 Å². The second-order valence-corrected chi connectivity index (χ2v) is 11.5. The van der Waals surface area contributed by atoms with E-state index < -0.39 is 18.3 Å². The number of hydrogen-bond donors (Lipinski definition) is 0. The van der Waals surface area contributed by atoms with Gasteiger partial charge in [0.25, 0.3) is 0 Å². The minimum atomic E-state index is -0.445. The van der Waals surface area contributed by atoms with Gasteiger partial charge >= 0.3 is 7.12 Å². The van der Waals surface area contributed by atoms with E-state index in [0.29, 0.717) is 0 Å². The Morgan fingerprint density at radius 2 is 1.33 bits per heavy atom. The van der Waals surface area contributed by atoms with Gasteiger partial charge in [-0.25, -0.2) is 4.98 Å². The molecular weight excluding hydrogens is 481 g/mol. The zero-order valence-corrected chi connectivity index (χ0v) is 22.5. The van der Waals surface area contributed by atoms with Crippen LogP contribution in [0.15, 0.2) is 97.1 Å². The zero-order valence-electron chi connectivity index (χ0n) is 22.5. The lowest BCUT2D eigenvalue weighted by Crippen LogP contribution is -2.41. The molecule has 0 N–H and O–H groups in total. The summed E-state index contributed by atoms with van der Waals surface area (Å²) in [4.78, 5) is 5.19. The molecule has 1 saturated heterocycles. The fourth-order valence-corrected chi connectivity index (χ4v) is 6.07. The van der Waals surface area contributed by atoms with Crippen molar-refractivity contribution in [2.75, 3.05) is 0 Å². The van der Waals surface area contributed by atoms with Gasteiger partial charge in [-0.2, -0.15) is 0 Å². The summed E-state index contributed by atoms with van der Waals surface area (Å²) >= 11 is 0. The number of imidazole rings is 1. The van der Waals surface area contributed by atoms with Crippen molar-refractivity contribution in [2.45, 2.75) is 38.9 Å². The average Bonchev–Trinajstić information content (AvgIpc) is 3.56. The largest absolute Gasteiger partial charge is 0.494 e. The lowest BCUT2D eigenvalue weighted by molar-refractivity contribution is 0.00578. The second-order valence-electron chi connectivity index (χ2n) is 11.5. The first kappa shape index (κ1) is 22.8. The van der Waals surface area contributed by atoms with Gasteiger partial charge in [-0.3, -0.25) is 4.40 Å². The highest BCUT2D eigenvalue weighted by Gasteiger charge is 2.51. The smallest absolute Gasteiger partial charge is 0.399 e. The van der Waals surface area contributed by atoms with Crippen molar-refractivity contribution in [3.05, 3.63) is 97.1 Å². The van der Waals surface area contributed by atoms with Gasteiger partial charge in [0.05, 0.1) is 44.2 Å². The standard InChI is InChI=1S/C33H28BN3O2/c1-32(2)33(3,4)39-34(38-32)21-18-19-27-24(20-21)30-29(31-35-25-15-9-11-17-28(25)37(27)31)23-14-8-10-16-26(23)36(30)22-12-6-5-7-13-22/h5-20H,1-4H3. The van der Waals surface area contributed by atoms with Crippen LogP contribution in [-0.2, 0) is 9.31 Å². The molecule has 0 radical (unpaired) electrons. The number of rotatable bonds is 2. The maximum absolute atomic E-state index is 6.48. The summed E-state index contributed by atoms with van der Waals surface area (Å²) in [5, 5.41) is 3.46. The maximum Gasteiger partial charge on any atom is 0.494 e. The van der Waals surface area contributed by atoms with Gasteiger partial charge in [-0.1, -0.05) is 60.7 Å². The highest BCUT2D eigenvalue weighted by molar-refractivity contribution is 6.62. The topological polar surface area (TPSA) is 40.7 Å². The number of aromatic nitrogens is 3. The molecular formula is C33H28BN3O2. The molecule has 0 unspecified atom stereocenters. The Labute approximate surface area is 226 Å². The van der Waals surface area contributed by atoms with Crippen molar-refractivity contribution in [3.63, 3.8) is 0 Å². The maximum atomic E-state index is 6.48. The first-order valence-electron chi connectivity index (χ1n) is 13.5. The van der Waals surface area contributed by atoms with Gasteiger partial charge in [0, 0.05) is 16.5 Å². The Morgan fingerprint density at radius 3 is 2.10 bits per heavy atom. The molecule has 190 valence electrons. The quantitative estimate of drug-likeness (QED) is 0.235. The van der Waals surface area contributed by atoms with Crippen LogP contribution in [0.1, 0.15) is 27.7 Å². The molecule has 39 heavy (non-hydrogen) atoms. The van der Waals surface area contributed by atoms with Crippen LogP contribution in [0.3, 0.4) is 0 Å². The van der Waals surface area contributed by atoms with Gasteiger partial charge in [0.1, 0.15) is 5.65 Å². The van der Waals surface area contributed by atoms with Crippen LogP contribution >= 0.6 is 0 Å². The van der Waals surface area contributed by atoms with Crippen LogP contribution in [0.2, 0.25) is 0 Å². The van der Waals surface area contributed by atoms with Gasteiger partial charge in [-0.15, -0.1) is 0 Å². The van der Waals surface area contributed by atoms with E-state index in [0.717, 1.165) is 55.2 Å². The highest BCUT2D eigenvalue weighted by Crippen LogP contribution is 2.41. The summed E-state index contributed by atoms with van der Waals surface area (Å²) in [6, 6.07) is 34.2. The molecule has 4 aromatic carbocycles. The first-order valence-corrected chi connectivity index (χ1v) is 13.5. The fraction of sp³-hybridized carbons (Fsp3) is 0.182. The van der Waals surface area contributed by atoms with E-state index in [9.17, 15) is 0 Å². The first-order chi connectivity index (χ1) is 18.8. The SMILES string of the molecule is CC1(C)OB(c2ccc3c(c2)c2c(c4ccccc4n2-c2ccccc2)c2nc4ccccc4n32)OC1(C)C. The van der Waals surface area contributed by atoms with Crippen LogP contribution in [0, 0.1) is 0 Å². The van der Waals surface area contributed by atoms with Crippen molar-refractivity contribution in [3.8, 4) is 5.69 Å². The minimum absolute atomic E-state index is 0.411. The molecule has 0 amide bonds. The summed E-state index contributed by atoms with van der Waals surface area (Å²) in [6.07, 6.45) is 0. The lowest BCUT2D eigenvalue weighted by Gasteiger charge is -2.32. The molecule has 3 aromatic heterocycles. The molecule has 4 heterocycles. The van der Waals surface area contributed by atoms with E-state index >= 15 is 0 Å². The molecule has 0 atom stereocenters. The zero-order chi connectivity index (χ0) is 26.5. The molecule has 8 rings (SSSR count). The number of para-hydroxylation sites is 4. The Balaban J connectivity index is 1.57. The van der Waals surface area contributed by atoms with Crippen LogP contribution in [0.4, 0.5) is 0 Å². The fourth-order valence-electron chi connectivity index (χ4n) is 6.07. The molecule has 6 heteroatoms. The van der Waals surface area contributed by atoms with E-state index in [1.807, 2.05) is 0 Å². The lowest BCUT2D eigenvalue weighted by atomic mass is 9.78. The number of pyridine rings is 1. The molecule has 7 aromatic rings. The third-order valence-corrected chi connectivity index (χ3v) is 8.72. The van der Waals surface area contributed by atoms with E-state index in [4.69, 9.17) is 14.3 Å². The summed E-state index contributed by atoms with van der Waals surface area (Å²) in [7, 11) is -0.445. The Morgan fingerprint density at radius 1 is 0.667 bits per heavy atom. The molecule has 1 aliphatic heterocycles. The summed E-state index contributed by atoms with van der Waals surface area (Å²) in [6.45, 7) is 8.39. The minimum Gasteiger partial charge on any atom is -0.399 e. The third kappa shape index (κ3) is 3.07. The van der Waals surface area contributed by atoms with Gasteiger partial charge in [-0.05, 0) is 69.6 Å². The highest BCUT2D eigenvalue weighted by atomic mass is 16.7. The van der Waals surface area contributed by atoms with Crippen LogP contribution in [-0.4, -0.2) is 32.3 Å². The number of fused-ring (bicyclic) bond motifs is 10. The van der Waals surface area contributed by atoms with Crippen molar-refractivity contribution >= 4 is 62.0 Å².